The molecule has 1 amide bonds. The number of ether oxygens (including phenoxy) is 1. The van der Waals surface area contributed by atoms with Crippen molar-refractivity contribution in [1.29, 1.82) is 0 Å². The summed E-state index contributed by atoms with van der Waals surface area (Å²) in [6.45, 7) is 1.57. The van der Waals surface area contributed by atoms with Crippen LogP contribution in [0, 0.1) is 0 Å². The van der Waals surface area contributed by atoms with Crippen molar-refractivity contribution in [2.24, 2.45) is 7.05 Å². The normalized spacial score (nSPS) is 23.1. The second kappa shape index (κ2) is 12.1. The summed E-state index contributed by atoms with van der Waals surface area (Å²) in [6.07, 6.45) is 6.39. The first-order chi connectivity index (χ1) is 17.3. The smallest absolute Gasteiger partial charge is 0.272 e. The van der Waals surface area contributed by atoms with Crippen molar-refractivity contribution in [1.82, 2.24) is 25.0 Å². The van der Waals surface area contributed by atoms with E-state index in [4.69, 9.17) is 4.74 Å². The van der Waals surface area contributed by atoms with E-state index in [-0.39, 0.29) is 24.2 Å². The zero-order valence-electron chi connectivity index (χ0n) is 20.9. The number of carbonyl (C=O) groups excluding carboxylic acids is 1. The molecular formula is C26H36F3N5O2. The minimum absolute atomic E-state index is 0.00652. The van der Waals surface area contributed by atoms with Crippen LogP contribution in [0.25, 0.3) is 0 Å². The van der Waals surface area contributed by atoms with Crippen molar-refractivity contribution in [3.8, 4) is 5.88 Å². The number of nitrogens with zero attached hydrogens (tertiary/aromatic N) is 4. The maximum Gasteiger partial charge on any atom is 0.272 e. The Labute approximate surface area is 210 Å². The van der Waals surface area contributed by atoms with E-state index in [1.807, 2.05) is 19.3 Å². The van der Waals surface area contributed by atoms with Gasteiger partial charge in [-0.3, -0.25) is 9.48 Å². The highest BCUT2D eigenvalue weighted by molar-refractivity contribution is 5.78. The predicted molar refractivity (Wildman–Crippen MR) is 130 cm³/mol. The number of rotatable bonds is 9. The molecule has 0 saturated heterocycles. The van der Waals surface area contributed by atoms with Gasteiger partial charge >= 0.3 is 0 Å². The summed E-state index contributed by atoms with van der Waals surface area (Å²) in [5, 5.41) is 7.18. The highest BCUT2D eigenvalue weighted by atomic mass is 19.3. The third kappa shape index (κ3) is 7.69. The van der Waals surface area contributed by atoms with E-state index in [9.17, 15) is 13.6 Å². The number of amides is 1. The van der Waals surface area contributed by atoms with Crippen molar-refractivity contribution < 1.29 is 22.7 Å². The molecule has 1 saturated carbocycles. The Morgan fingerprint density at radius 1 is 1.25 bits per heavy atom. The van der Waals surface area contributed by atoms with Gasteiger partial charge in [-0.1, -0.05) is 6.07 Å². The molecule has 2 aromatic heterocycles. The summed E-state index contributed by atoms with van der Waals surface area (Å²) in [5.41, 5.74) is 1.61. The monoisotopic (exact) mass is 507 g/mol. The van der Waals surface area contributed by atoms with E-state index in [1.165, 1.54) is 0 Å². The van der Waals surface area contributed by atoms with E-state index in [2.05, 4.69) is 20.3 Å². The molecule has 1 aliphatic heterocycles. The lowest BCUT2D eigenvalue weighted by atomic mass is 9.92. The Morgan fingerprint density at radius 2 is 2.08 bits per heavy atom. The van der Waals surface area contributed by atoms with Crippen LogP contribution in [0.15, 0.2) is 24.5 Å². The van der Waals surface area contributed by atoms with E-state index >= 15 is 4.39 Å². The molecule has 2 atom stereocenters. The lowest BCUT2D eigenvalue weighted by Crippen LogP contribution is -2.36. The highest BCUT2D eigenvalue weighted by Gasteiger charge is 2.34. The third-order valence-electron chi connectivity index (χ3n) is 7.24. The zero-order valence-corrected chi connectivity index (χ0v) is 20.9. The summed E-state index contributed by atoms with van der Waals surface area (Å²) in [4.78, 5) is 19.1. The maximum absolute atomic E-state index is 15.8. The number of aromatic nitrogens is 3. The molecule has 2 aliphatic rings. The minimum atomic E-state index is -2.53. The Hall–Kier alpha value is -2.62. The molecule has 0 bridgehead atoms. The first-order valence-corrected chi connectivity index (χ1v) is 12.9. The van der Waals surface area contributed by atoms with Crippen LogP contribution in [0.1, 0.15) is 55.3 Å². The number of alkyl halides is 3. The van der Waals surface area contributed by atoms with Crippen molar-refractivity contribution in [2.75, 3.05) is 26.2 Å². The number of hydrogen-bond donors (Lipinski definition) is 1. The van der Waals surface area contributed by atoms with Crippen molar-refractivity contribution in [2.45, 2.75) is 75.9 Å². The van der Waals surface area contributed by atoms with Crippen molar-refractivity contribution in [3.63, 3.8) is 0 Å². The van der Waals surface area contributed by atoms with Crippen LogP contribution in [0.2, 0.25) is 0 Å². The Kier molecular flexibility index (Phi) is 8.87. The quantitative estimate of drug-likeness (QED) is 0.525. The van der Waals surface area contributed by atoms with Crippen LogP contribution in [-0.2, 0) is 31.1 Å². The Balaban J connectivity index is 1.22. The fourth-order valence-corrected chi connectivity index (χ4v) is 5.21. The topological polar surface area (TPSA) is 72.3 Å². The van der Waals surface area contributed by atoms with Gasteiger partial charge in [0.25, 0.3) is 6.43 Å². The summed E-state index contributed by atoms with van der Waals surface area (Å²) in [7, 11) is 1.82. The summed E-state index contributed by atoms with van der Waals surface area (Å²) in [5.74, 6) is 0.186. The standard InChI is InChI=1S/C26H36F3N5O2/c1-33-17-19(16-30-33)15-24(35)31-21-3-2-9-26(29,10-6-21)11-14-34-12-7-20-4-5-25(36-18-23(27)28)32-22(20)8-13-34/h4-5,16-17,21,23H,2-3,6-15,18H2,1H3,(H,31,35)/t21?,26-/m1/s1. The lowest BCUT2D eigenvalue weighted by Gasteiger charge is -2.28. The van der Waals surface area contributed by atoms with Crippen molar-refractivity contribution >= 4 is 5.91 Å². The molecular weight excluding hydrogens is 471 g/mol. The van der Waals surface area contributed by atoms with Gasteiger partial charge in [0, 0.05) is 57.1 Å². The Bertz CT molecular complexity index is 1020. The lowest BCUT2D eigenvalue weighted by molar-refractivity contribution is -0.121. The zero-order chi connectivity index (χ0) is 25.5. The van der Waals surface area contributed by atoms with Crippen LogP contribution in [-0.4, -0.2) is 69.9 Å². The SMILES string of the molecule is Cn1cc(CC(=O)NC2CCC[C@](F)(CCN3CCc4ccc(OCC(F)F)nc4CC3)CC2)cn1. The average molecular weight is 508 g/mol. The third-order valence-corrected chi connectivity index (χ3v) is 7.24. The number of aryl methyl sites for hydroxylation is 1. The molecule has 36 heavy (non-hydrogen) atoms. The summed E-state index contributed by atoms with van der Waals surface area (Å²) >= 11 is 0. The first-order valence-electron chi connectivity index (χ1n) is 12.9. The first kappa shape index (κ1) is 26.4. The maximum atomic E-state index is 15.8. The van der Waals surface area contributed by atoms with Gasteiger partial charge in [-0.15, -0.1) is 0 Å². The van der Waals surface area contributed by atoms with Crippen LogP contribution in [0.5, 0.6) is 5.88 Å². The molecule has 0 radical (unpaired) electrons. The van der Waals surface area contributed by atoms with Crippen LogP contribution >= 0.6 is 0 Å². The van der Waals surface area contributed by atoms with Gasteiger partial charge in [-0.25, -0.2) is 18.2 Å². The van der Waals surface area contributed by atoms with Gasteiger partial charge in [0.15, 0.2) is 6.61 Å². The van der Waals surface area contributed by atoms with Gasteiger partial charge < -0.3 is 15.0 Å². The number of fused-ring (bicyclic) bond motifs is 1. The molecule has 1 unspecified atom stereocenters. The van der Waals surface area contributed by atoms with E-state index in [0.29, 0.717) is 38.6 Å². The van der Waals surface area contributed by atoms with Gasteiger partial charge in [0.05, 0.1) is 12.6 Å². The molecule has 0 spiro atoms. The van der Waals surface area contributed by atoms with Gasteiger partial charge in [0.2, 0.25) is 11.8 Å². The van der Waals surface area contributed by atoms with Crippen LogP contribution < -0.4 is 10.1 Å². The average Bonchev–Trinajstić information content (AvgIpc) is 3.03. The molecule has 198 valence electrons. The number of nitrogens with one attached hydrogen (secondary N) is 1. The van der Waals surface area contributed by atoms with Crippen LogP contribution in [0.4, 0.5) is 13.2 Å². The molecule has 1 N–H and O–H groups in total. The molecule has 4 rings (SSSR count). The number of carbonyl (C=O) groups is 1. The van der Waals surface area contributed by atoms with Gasteiger partial charge in [-0.05, 0) is 56.1 Å². The number of hydrogen-bond acceptors (Lipinski definition) is 5. The van der Waals surface area contributed by atoms with Gasteiger partial charge in [-0.2, -0.15) is 5.10 Å². The minimum Gasteiger partial charge on any atom is -0.472 e. The fourth-order valence-electron chi connectivity index (χ4n) is 5.21. The fraction of sp³-hybridized carbons (Fsp3) is 0.654. The molecule has 0 aromatic carbocycles. The second-order valence-electron chi connectivity index (χ2n) is 10.1. The largest absolute Gasteiger partial charge is 0.472 e. The Morgan fingerprint density at radius 3 is 2.86 bits per heavy atom. The van der Waals surface area contributed by atoms with E-state index < -0.39 is 18.7 Å². The van der Waals surface area contributed by atoms with E-state index in [1.54, 1.807) is 16.9 Å². The molecule has 2 aromatic rings. The van der Waals surface area contributed by atoms with Crippen molar-refractivity contribution in [3.05, 3.63) is 41.3 Å². The molecule has 1 fully saturated rings. The summed E-state index contributed by atoms with van der Waals surface area (Å²) in [6, 6.07) is 3.55. The number of pyridine rings is 1. The van der Waals surface area contributed by atoms with Gasteiger partial charge in [0.1, 0.15) is 5.67 Å². The molecule has 7 nitrogen and oxygen atoms in total. The van der Waals surface area contributed by atoms with E-state index in [0.717, 1.165) is 49.2 Å². The second-order valence-corrected chi connectivity index (χ2v) is 10.1. The molecule has 1 aliphatic carbocycles. The molecule has 3 heterocycles. The number of halogens is 3. The molecule has 10 heteroatoms. The summed E-state index contributed by atoms with van der Waals surface area (Å²) < 4.78 is 47.3. The van der Waals surface area contributed by atoms with Crippen LogP contribution in [0.3, 0.4) is 0 Å². The highest BCUT2D eigenvalue weighted by Crippen LogP contribution is 2.34. The predicted octanol–water partition coefficient (Wildman–Crippen LogP) is 3.65.